The van der Waals surface area contributed by atoms with Gasteiger partial charge in [-0.2, -0.15) is 0 Å². The maximum atomic E-state index is 12.0. The number of hydrogen-bond acceptors (Lipinski definition) is 2. The highest BCUT2D eigenvalue weighted by atomic mass is 16.5. The van der Waals surface area contributed by atoms with Gasteiger partial charge in [0.25, 0.3) is 0 Å². The second-order valence-corrected chi connectivity index (χ2v) is 5.33. The van der Waals surface area contributed by atoms with E-state index >= 15 is 0 Å². The molecule has 1 saturated carbocycles. The van der Waals surface area contributed by atoms with Crippen LogP contribution in [0.25, 0.3) is 0 Å². The van der Waals surface area contributed by atoms with Gasteiger partial charge in [-0.3, -0.25) is 0 Å². The number of esters is 1. The molecule has 1 aromatic rings. The van der Waals surface area contributed by atoms with E-state index in [1.165, 1.54) is 0 Å². The quantitative estimate of drug-likeness (QED) is 0.594. The van der Waals surface area contributed by atoms with E-state index in [4.69, 9.17) is 4.74 Å². The number of allylic oxidation sites excluding steroid dienone is 1. The van der Waals surface area contributed by atoms with E-state index < -0.39 is 0 Å². The van der Waals surface area contributed by atoms with E-state index in [0.29, 0.717) is 11.5 Å². The van der Waals surface area contributed by atoms with Crippen LogP contribution in [0.2, 0.25) is 0 Å². The zero-order chi connectivity index (χ0) is 13.2. The summed E-state index contributed by atoms with van der Waals surface area (Å²) in [7, 11) is 0. The molecular weight excluding hydrogens is 224 g/mol. The van der Waals surface area contributed by atoms with E-state index in [9.17, 15) is 4.79 Å². The van der Waals surface area contributed by atoms with Gasteiger partial charge in [0.15, 0.2) is 0 Å². The Morgan fingerprint density at radius 1 is 1.50 bits per heavy atom. The summed E-state index contributed by atoms with van der Waals surface area (Å²) in [5.74, 6) is 0.157. The monoisotopic (exact) mass is 244 g/mol. The predicted octanol–water partition coefficient (Wildman–Crippen LogP) is 3.83. The minimum absolute atomic E-state index is 0.0607. The molecule has 0 radical (unpaired) electrons. The Kier molecular flexibility index (Phi) is 3.55. The third-order valence-electron chi connectivity index (χ3n) is 4.18. The fraction of sp³-hybridized carbons (Fsp3) is 0.438. The molecule has 0 N–H and O–H groups in total. The van der Waals surface area contributed by atoms with Crippen LogP contribution in [0.15, 0.2) is 43.0 Å². The summed E-state index contributed by atoms with van der Waals surface area (Å²) < 4.78 is 5.55. The molecule has 0 amide bonds. The highest BCUT2D eigenvalue weighted by molar-refractivity contribution is 5.89. The Balaban J connectivity index is 1.98. The van der Waals surface area contributed by atoms with Gasteiger partial charge in [-0.25, -0.2) is 4.79 Å². The Labute approximate surface area is 109 Å². The molecule has 2 heteroatoms. The Bertz CT molecular complexity index is 438. The van der Waals surface area contributed by atoms with Gasteiger partial charge >= 0.3 is 5.97 Å². The average molecular weight is 244 g/mol. The first-order valence-electron chi connectivity index (χ1n) is 6.46. The molecular formula is C16H20O2. The van der Waals surface area contributed by atoms with Crippen LogP contribution >= 0.6 is 0 Å². The fourth-order valence-electron chi connectivity index (χ4n) is 2.68. The number of hydrogen-bond donors (Lipinski definition) is 0. The molecule has 1 aliphatic carbocycles. The van der Waals surface area contributed by atoms with Crippen LogP contribution in [0.4, 0.5) is 0 Å². The fourth-order valence-corrected chi connectivity index (χ4v) is 2.68. The van der Waals surface area contributed by atoms with Crippen molar-refractivity contribution in [3.63, 3.8) is 0 Å². The zero-order valence-corrected chi connectivity index (χ0v) is 11.1. The number of carbonyl (C=O) groups is 1. The number of rotatable bonds is 4. The van der Waals surface area contributed by atoms with Gasteiger partial charge in [0.05, 0.1) is 5.56 Å². The van der Waals surface area contributed by atoms with Crippen LogP contribution in [0.3, 0.4) is 0 Å². The summed E-state index contributed by atoms with van der Waals surface area (Å²) in [6, 6.07) is 9.14. The first-order valence-corrected chi connectivity index (χ1v) is 6.46. The molecule has 0 aliphatic heterocycles. The van der Waals surface area contributed by atoms with Crippen molar-refractivity contribution < 1.29 is 9.53 Å². The van der Waals surface area contributed by atoms with E-state index in [0.717, 1.165) is 12.8 Å². The third-order valence-corrected chi connectivity index (χ3v) is 4.18. The standard InChI is InChI=1S/C16H20O2/c1-4-16(3)11-10-14(16)12(2)18-15(17)13-8-6-5-7-9-13/h4-9,12,14H,1,10-11H2,2-3H3/t12?,14-,16-/m0/s1. The van der Waals surface area contributed by atoms with Gasteiger partial charge in [0.2, 0.25) is 0 Å². The summed E-state index contributed by atoms with van der Waals surface area (Å²) in [6.45, 7) is 8.04. The average Bonchev–Trinajstić information content (AvgIpc) is 2.37. The summed E-state index contributed by atoms with van der Waals surface area (Å²) in [4.78, 5) is 12.0. The number of ether oxygens (including phenoxy) is 1. The van der Waals surface area contributed by atoms with Crippen molar-refractivity contribution in [2.75, 3.05) is 0 Å². The van der Waals surface area contributed by atoms with E-state index in [1.807, 2.05) is 31.2 Å². The topological polar surface area (TPSA) is 26.3 Å². The molecule has 1 fully saturated rings. The zero-order valence-electron chi connectivity index (χ0n) is 11.1. The highest BCUT2D eigenvalue weighted by Crippen LogP contribution is 2.49. The van der Waals surface area contributed by atoms with Crippen molar-refractivity contribution in [2.24, 2.45) is 11.3 Å². The van der Waals surface area contributed by atoms with Crippen molar-refractivity contribution in [1.29, 1.82) is 0 Å². The molecule has 1 aliphatic rings. The summed E-state index contributed by atoms with van der Waals surface area (Å²) in [6.07, 6.45) is 4.17. The van der Waals surface area contributed by atoms with Crippen molar-refractivity contribution in [3.05, 3.63) is 48.6 Å². The molecule has 1 aromatic carbocycles. The molecule has 96 valence electrons. The van der Waals surface area contributed by atoms with Crippen molar-refractivity contribution in [3.8, 4) is 0 Å². The van der Waals surface area contributed by atoms with Gasteiger partial charge in [0, 0.05) is 5.92 Å². The normalized spacial score (nSPS) is 28.0. The van der Waals surface area contributed by atoms with Gasteiger partial charge in [-0.15, -0.1) is 6.58 Å². The lowest BCUT2D eigenvalue weighted by atomic mass is 9.59. The molecule has 0 saturated heterocycles. The summed E-state index contributed by atoms with van der Waals surface area (Å²) in [5.41, 5.74) is 0.736. The summed E-state index contributed by atoms with van der Waals surface area (Å²) in [5, 5.41) is 0. The van der Waals surface area contributed by atoms with Gasteiger partial charge in [-0.1, -0.05) is 31.2 Å². The SMILES string of the molecule is C=C[C@@]1(C)CC[C@H]1C(C)OC(=O)c1ccccc1. The second kappa shape index (κ2) is 4.97. The first kappa shape index (κ1) is 12.9. The Morgan fingerprint density at radius 3 is 2.67 bits per heavy atom. The largest absolute Gasteiger partial charge is 0.459 e. The van der Waals surface area contributed by atoms with Crippen LogP contribution in [0.1, 0.15) is 37.0 Å². The van der Waals surface area contributed by atoms with Gasteiger partial charge in [0.1, 0.15) is 6.10 Å². The minimum atomic E-state index is -0.235. The lowest BCUT2D eigenvalue weighted by molar-refractivity contribution is -0.0352. The van der Waals surface area contributed by atoms with Crippen molar-refractivity contribution >= 4 is 5.97 Å². The maximum absolute atomic E-state index is 12.0. The summed E-state index contributed by atoms with van der Waals surface area (Å²) >= 11 is 0. The maximum Gasteiger partial charge on any atom is 0.338 e. The molecule has 1 unspecified atom stereocenters. The molecule has 3 atom stereocenters. The lowest BCUT2D eigenvalue weighted by Gasteiger charge is -2.47. The van der Waals surface area contributed by atoms with Crippen LogP contribution in [-0.2, 0) is 4.74 Å². The minimum Gasteiger partial charge on any atom is -0.459 e. The number of benzene rings is 1. The Hall–Kier alpha value is -1.57. The van der Waals surface area contributed by atoms with Gasteiger partial charge < -0.3 is 4.74 Å². The van der Waals surface area contributed by atoms with E-state index in [2.05, 4.69) is 13.5 Å². The molecule has 18 heavy (non-hydrogen) atoms. The molecule has 0 spiro atoms. The van der Waals surface area contributed by atoms with Crippen LogP contribution < -0.4 is 0 Å². The predicted molar refractivity (Wildman–Crippen MR) is 72.3 cm³/mol. The Morgan fingerprint density at radius 2 is 2.17 bits per heavy atom. The lowest BCUT2D eigenvalue weighted by Crippen LogP contribution is -2.43. The van der Waals surface area contributed by atoms with Gasteiger partial charge in [-0.05, 0) is 37.3 Å². The smallest absolute Gasteiger partial charge is 0.338 e. The second-order valence-electron chi connectivity index (χ2n) is 5.33. The molecule has 0 aromatic heterocycles. The number of carbonyl (C=O) groups excluding carboxylic acids is 1. The van der Waals surface area contributed by atoms with Crippen LogP contribution in [0, 0.1) is 11.3 Å². The van der Waals surface area contributed by atoms with Crippen LogP contribution in [0.5, 0.6) is 0 Å². The van der Waals surface area contributed by atoms with E-state index in [-0.39, 0.29) is 17.5 Å². The van der Waals surface area contributed by atoms with Crippen molar-refractivity contribution in [2.45, 2.75) is 32.8 Å². The van der Waals surface area contributed by atoms with E-state index in [1.54, 1.807) is 12.1 Å². The van der Waals surface area contributed by atoms with Crippen LogP contribution in [-0.4, -0.2) is 12.1 Å². The molecule has 2 rings (SSSR count). The molecule has 2 nitrogen and oxygen atoms in total. The molecule has 0 heterocycles. The van der Waals surface area contributed by atoms with Crippen molar-refractivity contribution in [1.82, 2.24) is 0 Å². The molecule has 0 bridgehead atoms. The third kappa shape index (κ3) is 2.33. The highest BCUT2D eigenvalue weighted by Gasteiger charge is 2.44. The first-order chi connectivity index (χ1) is 8.57.